The Kier molecular flexibility index (Phi) is 12.0. The first-order chi connectivity index (χ1) is 19.3. The van der Waals surface area contributed by atoms with Crippen molar-refractivity contribution in [2.45, 2.75) is 0 Å². The lowest BCUT2D eigenvalue weighted by molar-refractivity contribution is -0.134. The second kappa shape index (κ2) is 15.6. The van der Waals surface area contributed by atoms with Gasteiger partial charge < -0.3 is 35.1 Å². The molecule has 0 saturated carbocycles. The van der Waals surface area contributed by atoms with E-state index in [9.17, 15) is 9.59 Å². The van der Waals surface area contributed by atoms with Crippen LogP contribution >= 0.6 is 23.2 Å². The normalized spacial score (nSPS) is 10.5. The monoisotopic (exact) mass is 588 g/mol. The van der Waals surface area contributed by atoms with E-state index in [0.717, 1.165) is 0 Å². The lowest BCUT2D eigenvalue weighted by Gasteiger charge is -2.22. The van der Waals surface area contributed by atoms with Gasteiger partial charge in [0, 0.05) is 44.4 Å². The fourth-order valence-corrected chi connectivity index (χ4v) is 3.71. The Hall–Kier alpha value is -3.90. The molecule has 40 heavy (non-hydrogen) atoms. The van der Waals surface area contributed by atoms with Crippen molar-refractivity contribution >= 4 is 63.8 Å². The van der Waals surface area contributed by atoms with Crippen LogP contribution in [0.1, 0.15) is 0 Å². The number of nitrogens with one attached hydrogen (secondary N) is 3. The molecule has 11 nitrogen and oxygen atoms in total. The van der Waals surface area contributed by atoms with E-state index in [4.69, 9.17) is 37.4 Å². The second-order valence-corrected chi connectivity index (χ2v) is 9.03. The average Bonchev–Trinajstić information content (AvgIpc) is 2.94. The number of hydrogen-bond donors (Lipinski definition) is 3. The number of hydrogen-bond acceptors (Lipinski definition) is 9. The van der Waals surface area contributed by atoms with E-state index < -0.39 is 0 Å². The van der Waals surface area contributed by atoms with E-state index in [0.29, 0.717) is 65.0 Å². The highest BCUT2D eigenvalue weighted by molar-refractivity contribution is 6.33. The third kappa shape index (κ3) is 9.38. The zero-order valence-electron chi connectivity index (χ0n) is 22.1. The molecular weight excluding hydrogens is 559 g/mol. The number of nitrogens with zero attached hydrogens (tertiary/aromatic N) is 3. The number of carbonyl (C=O) groups is 2. The summed E-state index contributed by atoms with van der Waals surface area (Å²) < 4.78 is 15.8. The molecule has 0 aliphatic rings. The molecule has 3 N–H and O–H groups in total. The summed E-state index contributed by atoms with van der Waals surface area (Å²) in [4.78, 5) is 34.4. The van der Waals surface area contributed by atoms with Crippen molar-refractivity contribution in [1.29, 1.82) is 0 Å². The van der Waals surface area contributed by atoms with Crippen LogP contribution in [0.3, 0.4) is 0 Å². The van der Waals surface area contributed by atoms with Crippen molar-refractivity contribution in [3.8, 4) is 5.75 Å². The lowest BCUT2D eigenvalue weighted by Crippen LogP contribution is -2.39. The molecule has 0 fully saturated rings. The van der Waals surface area contributed by atoms with Crippen molar-refractivity contribution in [2.75, 3.05) is 63.1 Å². The highest BCUT2D eigenvalue weighted by atomic mass is 35.5. The van der Waals surface area contributed by atoms with Gasteiger partial charge in [0.15, 0.2) is 12.4 Å². The molecule has 0 saturated heterocycles. The molecule has 0 aliphatic heterocycles. The summed E-state index contributed by atoms with van der Waals surface area (Å²) in [7, 11) is 3.15. The zero-order chi connectivity index (χ0) is 28.9. The van der Waals surface area contributed by atoms with Crippen molar-refractivity contribution in [3.63, 3.8) is 0 Å². The largest absolute Gasteiger partial charge is 0.482 e. The summed E-state index contributed by atoms with van der Waals surface area (Å²) in [5.41, 5.74) is 1.82. The Balaban J connectivity index is 1.64. The maximum atomic E-state index is 12.6. The Bertz CT molecular complexity index is 1320. The summed E-state index contributed by atoms with van der Waals surface area (Å²) in [6, 6.07) is 12.0. The van der Waals surface area contributed by atoms with Crippen LogP contribution in [-0.2, 0) is 19.1 Å². The van der Waals surface area contributed by atoms with Gasteiger partial charge >= 0.3 is 0 Å². The fraction of sp³-hybridized carbons (Fsp3) is 0.259. The molecule has 0 atom stereocenters. The number of aromatic nitrogens is 2. The first-order valence-electron chi connectivity index (χ1n) is 12.1. The first kappa shape index (κ1) is 30.6. The average molecular weight is 589 g/mol. The fourth-order valence-electron chi connectivity index (χ4n) is 3.34. The van der Waals surface area contributed by atoms with Crippen LogP contribution in [0.4, 0.5) is 28.8 Å². The highest BCUT2D eigenvalue weighted by Crippen LogP contribution is 2.30. The van der Waals surface area contributed by atoms with Crippen LogP contribution in [-0.4, -0.2) is 73.8 Å². The topological polar surface area (TPSA) is 127 Å². The molecule has 0 bridgehead atoms. The molecule has 2 amide bonds. The minimum absolute atomic E-state index is 0.187. The van der Waals surface area contributed by atoms with Crippen molar-refractivity contribution in [3.05, 3.63) is 71.4 Å². The molecule has 2 aromatic carbocycles. The number of anilines is 5. The molecule has 1 aromatic heterocycles. The molecule has 13 heteroatoms. The lowest BCUT2D eigenvalue weighted by atomic mass is 10.2. The van der Waals surface area contributed by atoms with Crippen LogP contribution in [0, 0.1) is 0 Å². The van der Waals surface area contributed by atoms with E-state index in [2.05, 4.69) is 32.5 Å². The molecule has 3 rings (SSSR count). The summed E-state index contributed by atoms with van der Waals surface area (Å²) in [5.74, 6) is 0.422. The van der Waals surface area contributed by atoms with Gasteiger partial charge in [-0.2, -0.15) is 4.98 Å². The second-order valence-electron chi connectivity index (χ2n) is 8.21. The van der Waals surface area contributed by atoms with Crippen LogP contribution in [0.15, 0.2) is 61.3 Å². The van der Waals surface area contributed by atoms with E-state index in [-0.39, 0.29) is 24.4 Å². The number of amides is 2. The molecule has 0 spiro atoms. The molecule has 1 heterocycles. The van der Waals surface area contributed by atoms with Gasteiger partial charge in [0.05, 0.1) is 24.4 Å². The highest BCUT2D eigenvalue weighted by Gasteiger charge is 2.15. The number of carbonyl (C=O) groups excluding carboxylic acids is 2. The van der Waals surface area contributed by atoms with E-state index in [1.54, 1.807) is 61.6 Å². The van der Waals surface area contributed by atoms with E-state index >= 15 is 0 Å². The number of rotatable bonds is 15. The smallest absolute Gasteiger partial charge is 0.260 e. The van der Waals surface area contributed by atoms with Gasteiger partial charge in [-0.25, -0.2) is 4.98 Å². The number of methoxy groups -OCH3 is 2. The van der Waals surface area contributed by atoms with Gasteiger partial charge in [-0.05, 0) is 42.5 Å². The first-order valence-corrected chi connectivity index (χ1v) is 12.9. The SMILES string of the molecule is C=CC(=O)Nc1cccc(Nc2nc(Nc3ccc(OCC(=O)N(CCOC)CCOC)c(Cl)c3)ncc2Cl)c1. The molecule has 0 unspecified atom stereocenters. The van der Waals surface area contributed by atoms with Gasteiger partial charge in [0.1, 0.15) is 10.8 Å². The summed E-state index contributed by atoms with van der Waals surface area (Å²) in [5, 5.41) is 9.47. The van der Waals surface area contributed by atoms with Crippen molar-refractivity contribution in [2.24, 2.45) is 0 Å². The van der Waals surface area contributed by atoms with Gasteiger partial charge in [0.25, 0.3) is 5.91 Å². The Labute approximate surface area is 242 Å². The quantitative estimate of drug-likeness (QED) is 0.212. The number of ether oxygens (including phenoxy) is 3. The predicted molar refractivity (Wildman–Crippen MR) is 156 cm³/mol. The Morgan fingerprint density at radius 2 is 1.68 bits per heavy atom. The summed E-state index contributed by atoms with van der Waals surface area (Å²) >= 11 is 12.7. The predicted octanol–water partition coefficient (Wildman–Crippen LogP) is 4.90. The Morgan fingerprint density at radius 3 is 2.35 bits per heavy atom. The third-order valence-corrected chi connectivity index (χ3v) is 5.92. The molecule has 0 radical (unpaired) electrons. The molecule has 212 valence electrons. The molecule has 3 aromatic rings. The third-order valence-electron chi connectivity index (χ3n) is 5.34. The van der Waals surface area contributed by atoms with Gasteiger partial charge in [-0.3, -0.25) is 9.59 Å². The maximum Gasteiger partial charge on any atom is 0.260 e. The standard InChI is InChI=1S/C27H30Cl2N6O5/c1-4-24(36)31-18-6-5-7-19(14-18)32-26-22(29)16-30-27(34-26)33-20-8-9-23(21(28)15-20)40-17-25(37)35(10-12-38-2)11-13-39-3/h4-9,14-16H,1,10-13,17H2,2-3H3,(H,31,36)(H2,30,32,33,34). The van der Waals surface area contributed by atoms with Crippen LogP contribution < -0.4 is 20.7 Å². The number of halogens is 2. The van der Waals surface area contributed by atoms with Crippen LogP contribution in [0.5, 0.6) is 5.75 Å². The minimum atomic E-state index is -0.323. The zero-order valence-corrected chi connectivity index (χ0v) is 23.6. The Morgan fingerprint density at radius 1 is 0.975 bits per heavy atom. The van der Waals surface area contributed by atoms with Gasteiger partial charge in [-0.15, -0.1) is 0 Å². The van der Waals surface area contributed by atoms with Crippen molar-refractivity contribution < 1.29 is 23.8 Å². The van der Waals surface area contributed by atoms with Crippen LogP contribution in [0.2, 0.25) is 10.0 Å². The van der Waals surface area contributed by atoms with Gasteiger partial charge in [0.2, 0.25) is 11.9 Å². The maximum absolute atomic E-state index is 12.6. The van der Waals surface area contributed by atoms with Crippen molar-refractivity contribution in [1.82, 2.24) is 14.9 Å². The summed E-state index contributed by atoms with van der Waals surface area (Å²) in [6.45, 7) is 4.92. The number of benzene rings is 2. The molecular formula is C27H30Cl2N6O5. The minimum Gasteiger partial charge on any atom is -0.482 e. The summed E-state index contributed by atoms with van der Waals surface area (Å²) in [6.07, 6.45) is 2.64. The van der Waals surface area contributed by atoms with E-state index in [1.807, 2.05) is 0 Å². The van der Waals surface area contributed by atoms with Crippen LogP contribution in [0.25, 0.3) is 0 Å². The molecule has 0 aliphatic carbocycles. The van der Waals surface area contributed by atoms with E-state index in [1.165, 1.54) is 12.3 Å². The van der Waals surface area contributed by atoms with Gasteiger partial charge in [-0.1, -0.05) is 35.8 Å².